The van der Waals surface area contributed by atoms with Crippen molar-refractivity contribution in [2.75, 3.05) is 26.8 Å². The van der Waals surface area contributed by atoms with Gasteiger partial charge in [-0.3, -0.25) is 9.69 Å². The van der Waals surface area contributed by atoms with Crippen LogP contribution in [0.5, 0.6) is 0 Å². The Labute approximate surface area is 171 Å². The van der Waals surface area contributed by atoms with Gasteiger partial charge in [-0.25, -0.2) is 0 Å². The van der Waals surface area contributed by atoms with E-state index in [1.54, 1.807) is 0 Å². The number of likely N-dealkylation sites (tertiary alicyclic amines) is 1. The van der Waals surface area contributed by atoms with Crippen LogP contribution in [0.25, 0.3) is 0 Å². The van der Waals surface area contributed by atoms with Gasteiger partial charge >= 0.3 is 5.97 Å². The second-order valence-corrected chi connectivity index (χ2v) is 10.2. The minimum absolute atomic E-state index is 0.0428. The van der Waals surface area contributed by atoms with Crippen molar-refractivity contribution in [2.24, 2.45) is 23.7 Å². The molecule has 0 aromatic rings. The van der Waals surface area contributed by atoms with Crippen LogP contribution in [0.3, 0.4) is 0 Å². The Hall–Kier alpha value is -0.610. The zero-order valence-corrected chi connectivity index (χ0v) is 17.9. The monoisotopic (exact) mass is 391 g/mol. The molecule has 0 radical (unpaired) electrons. The molecule has 0 aromatic heterocycles. The van der Waals surface area contributed by atoms with E-state index in [4.69, 9.17) is 9.47 Å². The lowest BCUT2D eigenvalue weighted by molar-refractivity contribution is -0.142. The van der Waals surface area contributed by atoms with Crippen molar-refractivity contribution in [3.63, 3.8) is 0 Å². The van der Waals surface area contributed by atoms with Crippen LogP contribution in [0.15, 0.2) is 0 Å². The van der Waals surface area contributed by atoms with Crippen LogP contribution >= 0.6 is 0 Å². The Balaban J connectivity index is 1.11. The number of esters is 1. The third-order valence-electron chi connectivity index (χ3n) is 8.29. The summed E-state index contributed by atoms with van der Waals surface area (Å²) >= 11 is 0. The molecule has 3 saturated carbocycles. The number of ether oxygens (including phenoxy) is 2. The van der Waals surface area contributed by atoms with Gasteiger partial charge in [0.1, 0.15) is 0 Å². The van der Waals surface area contributed by atoms with Gasteiger partial charge in [-0.1, -0.05) is 32.1 Å². The van der Waals surface area contributed by atoms with Gasteiger partial charge in [0.25, 0.3) is 0 Å². The van der Waals surface area contributed by atoms with Gasteiger partial charge in [0, 0.05) is 25.6 Å². The largest absolute Gasteiger partial charge is 0.469 e. The van der Waals surface area contributed by atoms with Crippen LogP contribution in [0.1, 0.15) is 83.5 Å². The van der Waals surface area contributed by atoms with Crippen LogP contribution < -0.4 is 0 Å². The van der Waals surface area contributed by atoms with Crippen LogP contribution in [-0.4, -0.2) is 49.8 Å². The summed E-state index contributed by atoms with van der Waals surface area (Å²) in [5, 5.41) is 0. The van der Waals surface area contributed by atoms with Gasteiger partial charge in [0.2, 0.25) is 0 Å². The number of nitrogens with zero attached hydrogens (tertiary/aromatic N) is 1. The number of carbonyl (C=O) groups is 1. The standard InChI is InChI=1S/C24H41NO3/c1-27-24(26)16-21-14-20-15-23(21)25(17-20)11-12-28-22-9-7-19(8-10-22)13-18-5-3-2-4-6-18/h18-23H,2-17H2,1H3. The summed E-state index contributed by atoms with van der Waals surface area (Å²) in [6.45, 7) is 3.12. The molecule has 3 unspecified atom stereocenters. The summed E-state index contributed by atoms with van der Waals surface area (Å²) in [6, 6.07) is 0.582. The van der Waals surface area contributed by atoms with E-state index >= 15 is 0 Å². The molecular weight excluding hydrogens is 350 g/mol. The zero-order chi connectivity index (χ0) is 19.3. The average molecular weight is 392 g/mol. The molecule has 3 atom stereocenters. The number of hydrogen-bond acceptors (Lipinski definition) is 4. The maximum absolute atomic E-state index is 11.7. The SMILES string of the molecule is COC(=O)CC1CC2CC1N(CCOC1CCC(CC3CCCCC3)CC1)C2. The molecule has 0 aromatic carbocycles. The summed E-state index contributed by atoms with van der Waals surface area (Å²) in [5.41, 5.74) is 0. The second-order valence-electron chi connectivity index (χ2n) is 10.2. The highest BCUT2D eigenvalue weighted by atomic mass is 16.5. The van der Waals surface area contributed by atoms with Gasteiger partial charge < -0.3 is 9.47 Å². The Bertz CT molecular complexity index is 496. The fourth-order valence-corrected chi connectivity index (χ4v) is 6.82. The molecular formula is C24H41NO3. The first-order valence-corrected chi connectivity index (χ1v) is 12.1. The molecule has 4 heteroatoms. The van der Waals surface area contributed by atoms with E-state index in [-0.39, 0.29) is 5.97 Å². The van der Waals surface area contributed by atoms with Gasteiger partial charge in [-0.2, -0.15) is 0 Å². The van der Waals surface area contributed by atoms with E-state index < -0.39 is 0 Å². The molecule has 0 amide bonds. The second kappa shape index (κ2) is 9.93. The van der Waals surface area contributed by atoms with Crippen LogP contribution in [0.2, 0.25) is 0 Å². The Kier molecular flexibility index (Phi) is 7.33. The first-order chi connectivity index (χ1) is 13.7. The molecule has 3 aliphatic carbocycles. The molecule has 1 aliphatic heterocycles. The van der Waals surface area contributed by atoms with Crippen LogP contribution in [-0.2, 0) is 14.3 Å². The summed E-state index contributed by atoms with van der Waals surface area (Å²) in [5.74, 6) is 3.24. The predicted octanol–water partition coefficient (Wildman–Crippen LogP) is 4.81. The van der Waals surface area contributed by atoms with Crippen LogP contribution in [0.4, 0.5) is 0 Å². The number of methoxy groups -OCH3 is 1. The third-order valence-corrected chi connectivity index (χ3v) is 8.29. The number of carbonyl (C=O) groups excluding carboxylic acids is 1. The predicted molar refractivity (Wildman–Crippen MR) is 111 cm³/mol. The van der Waals surface area contributed by atoms with E-state index in [2.05, 4.69) is 4.90 Å². The highest BCUT2D eigenvalue weighted by Crippen LogP contribution is 2.43. The molecule has 0 spiro atoms. The molecule has 0 N–H and O–H groups in total. The Morgan fingerprint density at radius 3 is 2.43 bits per heavy atom. The topological polar surface area (TPSA) is 38.8 Å². The first kappa shape index (κ1) is 20.7. The van der Waals surface area contributed by atoms with Gasteiger partial charge in [0.15, 0.2) is 0 Å². The molecule has 1 heterocycles. The minimum Gasteiger partial charge on any atom is -0.469 e. The Morgan fingerprint density at radius 2 is 1.71 bits per heavy atom. The highest BCUT2D eigenvalue weighted by Gasteiger charge is 2.45. The summed E-state index contributed by atoms with van der Waals surface area (Å²) in [7, 11) is 1.50. The van der Waals surface area contributed by atoms with E-state index in [9.17, 15) is 4.79 Å². The van der Waals surface area contributed by atoms with Gasteiger partial charge in [-0.05, 0) is 68.6 Å². The maximum Gasteiger partial charge on any atom is 0.305 e. The minimum atomic E-state index is -0.0428. The zero-order valence-electron chi connectivity index (χ0n) is 17.9. The summed E-state index contributed by atoms with van der Waals surface area (Å²) < 4.78 is 11.2. The van der Waals surface area contributed by atoms with E-state index in [1.807, 2.05) is 0 Å². The molecule has 160 valence electrons. The van der Waals surface area contributed by atoms with E-state index in [0.29, 0.717) is 24.5 Å². The van der Waals surface area contributed by atoms with Gasteiger partial charge in [0.05, 0.1) is 19.8 Å². The molecule has 1 saturated heterocycles. The lowest BCUT2D eigenvalue weighted by atomic mass is 9.77. The smallest absolute Gasteiger partial charge is 0.305 e. The molecule has 4 aliphatic rings. The average Bonchev–Trinajstić information content (AvgIpc) is 3.30. The number of piperidine rings is 1. The fourth-order valence-electron chi connectivity index (χ4n) is 6.82. The molecule has 4 nitrogen and oxygen atoms in total. The molecule has 4 rings (SSSR count). The first-order valence-electron chi connectivity index (χ1n) is 12.1. The van der Waals surface area contributed by atoms with E-state index in [0.717, 1.165) is 30.9 Å². The fraction of sp³-hybridized carbons (Fsp3) is 0.958. The molecule has 2 bridgehead atoms. The quantitative estimate of drug-likeness (QED) is 0.557. The molecule has 28 heavy (non-hydrogen) atoms. The van der Waals surface area contributed by atoms with Crippen molar-refractivity contribution < 1.29 is 14.3 Å². The third kappa shape index (κ3) is 5.30. The maximum atomic E-state index is 11.7. The number of fused-ring (bicyclic) bond motifs is 2. The van der Waals surface area contributed by atoms with Gasteiger partial charge in [-0.15, -0.1) is 0 Å². The molecule has 4 fully saturated rings. The summed E-state index contributed by atoms with van der Waals surface area (Å²) in [6.07, 6.45) is 17.8. The highest BCUT2D eigenvalue weighted by molar-refractivity contribution is 5.69. The van der Waals surface area contributed by atoms with Crippen LogP contribution in [0, 0.1) is 23.7 Å². The van der Waals surface area contributed by atoms with Crippen molar-refractivity contribution in [1.29, 1.82) is 0 Å². The lowest BCUT2D eigenvalue weighted by Crippen LogP contribution is -2.41. The van der Waals surface area contributed by atoms with E-state index in [1.165, 1.54) is 90.7 Å². The normalized spacial score (nSPS) is 36.7. The summed E-state index contributed by atoms with van der Waals surface area (Å²) in [4.78, 5) is 14.3. The lowest BCUT2D eigenvalue weighted by Gasteiger charge is -2.34. The number of rotatable bonds is 8. The number of hydrogen-bond donors (Lipinski definition) is 0. The Morgan fingerprint density at radius 1 is 0.964 bits per heavy atom. The van der Waals surface area contributed by atoms with Crippen molar-refractivity contribution in [3.05, 3.63) is 0 Å². The van der Waals surface area contributed by atoms with Crippen molar-refractivity contribution >= 4 is 5.97 Å². The van der Waals surface area contributed by atoms with Crippen molar-refractivity contribution in [1.82, 2.24) is 4.90 Å². The van der Waals surface area contributed by atoms with Crippen molar-refractivity contribution in [2.45, 2.75) is 95.6 Å². The van der Waals surface area contributed by atoms with Crippen molar-refractivity contribution in [3.8, 4) is 0 Å².